The number of benzene rings is 1. The zero-order valence-electron chi connectivity index (χ0n) is 23.7. The Kier molecular flexibility index (Phi) is 7.07. The van der Waals surface area contributed by atoms with Crippen molar-refractivity contribution in [2.24, 2.45) is 0 Å². The first-order valence-corrected chi connectivity index (χ1v) is 14.3. The van der Waals surface area contributed by atoms with Crippen LogP contribution < -0.4 is 5.32 Å². The first kappa shape index (κ1) is 26.5. The summed E-state index contributed by atoms with van der Waals surface area (Å²) in [5, 5.41) is 3.57. The topological polar surface area (TPSA) is 112 Å². The summed E-state index contributed by atoms with van der Waals surface area (Å²) < 4.78 is 16.0. The molecule has 1 aromatic carbocycles. The summed E-state index contributed by atoms with van der Waals surface area (Å²) in [5.74, 6) is 1.55. The highest BCUT2D eigenvalue weighted by molar-refractivity contribution is 5.83. The van der Waals surface area contributed by atoms with Crippen LogP contribution in [0.3, 0.4) is 0 Å². The molecule has 5 heterocycles. The monoisotopic (exact) mass is 546 g/mol. The molecule has 2 fully saturated rings. The van der Waals surface area contributed by atoms with E-state index in [1.165, 1.54) is 0 Å². The average Bonchev–Trinajstić information content (AvgIpc) is 3.55. The van der Waals surface area contributed by atoms with Crippen molar-refractivity contribution in [2.45, 2.75) is 83.7 Å². The molecule has 11 heteroatoms. The molecule has 3 aromatic heterocycles. The third-order valence-corrected chi connectivity index (χ3v) is 7.60. The molecule has 0 radical (unpaired) electrons. The van der Waals surface area contributed by atoms with Gasteiger partial charge in [0.25, 0.3) is 0 Å². The third-order valence-electron chi connectivity index (χ3n) is 7.60. The highest BCUT2D eigenvalue weighted by atomic mass is 16.6. The minimum absolute atomic E-state index is 0.0534. The van der Waals surface area contributed by atoms with E-state index >= 15 is 0 Å². The Morgan fingerprint density at radius 2 is 1.98 bits per heavy atom. The van der Waals surface area contributed by atoms with Crippen molar-refractivity contribution >= 4 is 34.1 Å². The molecule has 3 atom stereocenters. The number of amides is 1. The molecule has 11 nitrogen and oxygen atoms in total. The van der Waals surface area contributed by atoms with Gasteiger partial charge in [-0.1, -0.05) is 12.1 Å². The summed E-state index contributed by atoms with van der Waals surface area (Å²) in [4.78, 5) is 33.5. The maximum atomic E-state index is 12.9. The van der Waals surface area contributed by atoms with E-state index in [9.17, 15) is 4.79 Å². The van der Waals surface area contributed by atoms with E-state index in [-0.39, 0.29) is 24.4 Å². The number of rotatable bonds is 5. The number of anilines is 1. The number of hydrogen-bond donors (Lipinski definition) is 1. The molecule has 0 bridgehead atoms. The number of carbonyl (C=O) groups excluding carboxylic acids is 1. The van der Waals surface area contributed by atoms with Gasteiger partial charge in [-0.05, 0) is 71.9 Å². The molecule has 212 valence electrons. The highest BCUT2D eigenvalue weighted by Gasteiger charge is 2.31. The minimum Gasteiger partial charge on any atom is -0.444 e. The van der Waals surface area contributed by atoms with Gasteiger partial charge in [0.15, 0.2) is 17.0 Å². The Balaban J connectivity index is 1.30. The Labute approximate surface area is 233 Å². The number of ether oxygens (including phenoxy) is 2. The second-order valence-electron chi connectivity index (χ2n) is 11.8. The molecule has 0 saturated carbocycles. The quantitative estimate of drug-likeness (QED) is 0.343. The lowest BCUT2D eigenvalue weighted by atomic mass is 10.0. The van der Waals surface area contributed by atoms with Gasteiger partial charge in [0.05, 0.1) is 29.4 Å². The average molecular weight is 547 g/mol. The van der Waals surface area contributed by atoms with Crippen molar-refractivity contribution in [2.75, 3.05) is 25.0 Å². The Bertz CT molecular complexity index is 1500. The molecule has 3 unspecified atom stereocenters. The van der Waals surface area contributed by atoms with Crippen molar-refractivity contribution in [3.8, 4) is 0 Å². The molecular weight excluding hydrogens is 508 g/mol. The summed E-state index contributed by atoms with van der Waals surface area (Å²) >= 11 is 0. The van der Waals surface area contributed by atoms with Crippen LogP contribution in [-0.4, -0.2) is 65.4 Å². The predicted octanol–water partition coefficient (Wildman–Crippen LogP) is 5.62. The molecule has 0 spiro atoms. The van der Waals surface area contributed by atoms with Crippen LogP contribution in [0.2, 0.25) is 0 Å². The lowest BCUT2D eigenvalue weighted by Crippen LogP contribution is -2.43. The molecule has 0 aliphatic carbocycles. The van der Waals surface area contributed by atoms with E-state index in [1.807, 2.05) is 48.4 Å². The van der Waals surface area contributed by atoms with Crippen LogP contribution in [0.15, 0.2) is 36.9 Å². The fourth-order valence-corrected chi connectivity index (χ4v) is 5.79. The second-order valence-corrected chi connectivity index (χ2v) is 11.8. The summed E-state index contributed by atoms with van der Waals surface area (Å²) in [6, 6.07) is 8.05. The smallest absolute Gasteiger partial charge is 0.410 e. The first-order chi connectivity index (χ1) is 19.3. The van der Waals surface area contributed by atoms with Crippen molar-refractivity contribution in [1.29, 1.82) is 0 Å². The van der Waals surface area contributed by atoms with Gasteiger partial charge in [0.2, 0.25) is 0 Å². The number of fused-ring (bicyclic) bond motifs is 2. The maximum Gasteiger partial charge on any atom is 0.410 e. The second kappa shape index (κ2) is 10.7. The van der Waals surface area contributed by atoms with Gasteiger partial charge in [-0.2, -0.15) is 0 Å². The first-order valence-electron chi connectivity index (χ1n) is 14.3. The third kappa shape index (κ3) is 5.22. The van der Waals surface area contributed by atoms with Crippen molar-refractivity contribution < 1.29 is 14.3 Å². The minimum atomic E-state index is -0.533. The number of piperidine rings is 1. The largest absolute Gasteiger partial charge is 0.444 e. The van der Waals surface area contributed by atoms with Crippen LogP contribution in [0.5, 0.6) is 0 Å². The molecule has 2 saturated heterocycles. The van der Waals surface area contributed by atoms with Gasteiger partial charge in [-0.3, -0.25) is 4.57 Å². The van der Waals surface area contributed by atoms with Gasteiger partial charge >= 0.3 is 6.09 Å². The number of nitrogens with zero attached hydrogens (tertiary/aromatic N) is 7. The Hall–Kier alpha value is -3.73. The van der Waals surface area contributed by atoms with E-state index < -0.39 is 5.60 Å². The molecule has 2 aliphatic rings. The number of para-hydroxylation sites is 2. The summed E-state index contributed by atoms with van der Waals surface area (Å²) in [6.07, 6.45) is 8.04. The van der Waals surface area contributed by atoms with Crippen LogP contribution in [0.25, 0.3) is 22.2 Å². The van der Waals surface area contributed by atoms with Crippen LogP contribution in [0.1, 0.15) is 83.9 Å². The lowest BCUT2D eigenvalue weighted by molar-refractivity contribution is -0.0298. The molecule has 2 aliphatic heterocycles. The number of carbonyl (C=O) groups is 1. The summed E-state index contributed by atoms with van der Waals surface area (Å²) in [6.45, 7) is 9.79. The van der Waals surface area contributed by atoms with Gasteiger partial charge in [-0.25, -0.2) is 24.7 Å². The van der Waals surface area contributed by atoms with E-state index in [2.05, 4.69) is 37.8 Å². The van der Waals surface area contributed by atoms with E-state index in [0.717, 1.165) is 61.2 Å². The van der Waals surface area contributed by atoms with E-state index in [1.54, 1.807) is 12.7 Å². The molecule has 6 rings (SSSR count). The summed E-state index contributed by atoms with van der Waals surface area (Å²) in [7, 11) is 0. The number of imidazole rings is 2. The van der Waals surface area contributed by atoms with Gasteiger partial charge in [0, 0.05) is 19.7 Å². The maximum absolute atomic E-state index is 12.9. The lowest BCUT2D eigenvalue weighted by Gasteiger charge is -2.36. The predicted molar refractivity (Wildman–Crippen MR) is 152 cm³/mol. The number of likely N-dealkylation sites (tertiary alicyclic amines) is 1. The Morgan fingerprint density at radius 1 is 1.12 bits per heavy atom. The van der Waals surface area contributed by atoms with E-state index in [0.29, 0.717) is 24.4 Å². The van der Waals surface area contributed by atoms with Crippen LogP contribution in [-0.2, 0) is 9.47 Å². The van der Waals surface area contributed by atoms with Crippen LogP contribution >= 0.6 is 0 Å². The van der Waals surface area contributed by atoms with Gasteiger partial charge in [-0.15, -0.1) is 0 Å². The fourth-order valence-electron chi connectivity index (χ4n) is 5.79. The van der Waals surface area contributed by atoms with Crippen LogP contribution in [0.4, 0.5) is 10.6 Å². The molecular formula is C29H38N8O3. The number of aromatic nitrogens is 6. The number of hydrogen-bond acceptors (Lipinski definition) is 8. The van der Waals surface area contributed by atoms with Gasteiger partial charge < -0.3 is 24.3 Å². The number of nitrogens with one attached hydrogen (secondary N) is 1. The summed E-state index contributed by atoms with van der Waals surface area (Å²) in [5.41, 5.74) is 2.90. The zero-order chi connectivity index (χ0) is 27.9. The van der Waals surface area contributed by atoms with E-state index in [4.69, 9.17) is 14.5 Å². The fraction of sp³-hybridized carbons (Fsp3) is 0.552. The molecule has 40 heavy (non-hydrogen) atoms. The van der Waals surface area contributed by atoms with Crippen molar-refractivity contribution in [3.63, 3.8) is 0 Å². The standard InChI is InChI=1S/C29H38N8O3/c1-19(33-25-24-27(31-17-30-25)36(18-32-24)23-13-7-8-15-39-23)26-34-21-11-5-6-12-22(21)37(26)20-10-9-14-35(16-20)28(38)40-29(2,3)4/h5-6,11-12,17-20,23H,7-10,13-16H2,1-4H3,(H,30,31,33). The molecule has 1 N–H and O–H groups in total. The Morgan fingerprint density at radius 3 is 2.77 bits per heavy atom. The van der Waals surface area contributed by atoms with Crippen LogP contribution in [0, 0.1) is 0 Å². The SMILES string of the molecule is CC(Nc1ncnc2c1ncn2C1CCCCO1)c1nc2ccccc2n1C1CCCN(C(=O)OC(C)(C)C)C1. The van der Waals surface area contributed by atoms with Gasteiger partial charge in [0.1, 0.15) is 24.0 Å². The normalized spacial score (nSPS) is 21.1. The molecule has 1 amide bonds. The van der Waals surface area contributed by atoms with Crippen molar-refractivity contribution in [1.82, 2.24) is 34.0 Å². The van der Waals surface area contributed by atoms with Crippen molar-refractivity contribution in [3.05, 3.63) is 42.7 Å². The zero-order valence-corrected chi connectivity index (χ0v) is 23.7. The highest BCUT2D eigenvalue weighted by Crippen LogP contribution is 2.33. The molecule has 4 aromatic rings.